The molecular weight excluding hydrogens is 370 g/mol. The lowest BCUT2D eigenvalue weighted by Crippen LogP contribution is -2.38. The van der Waals surface area contributed by atoms with Crippen LogP contribution in [0.15, 0.2) is 65.8 Å². The van der Waals surface area contributed by atoms with Gasteiger partial charge in [-0.05, 0) is 25.0 Å². The predicted molar refractivity (Wildman–Crippen MR) is 107 cm³/mol. The lowest BCUT2D eigenvalue weighted by atomic mass is 10.1. The molecule has 7 heteroatoms. The van der Waals surface area contributed by atoms with Crippen LogP contribution in [-0.4, -0.2) is 29.5 Å². The first-order chi connectivity index (χ1) is 14.1. The summed E-state index contributed by atoms with van der Waals surface area (Å²) in [6, 6.07) is 17.9. The van der Waals surface area contributed by atoms with Gasteiger partial charge in [0, 0.05) is 24.4 Å². The van der Waals surface area contributed by atoms with Crippen molar-refractivity contribution in [3.8, 4) is 0 Å². The second kappa shape index (κ2) is 8.26. The Morgan fingerprint density at radius 2 is 1.66 bits per heavy atom. The summed E-state index contributed by atoms with van der Waals surface area (Å²) in [6.45, 7) is 0. The minimum Gasteiger partial charge on any atom is -0.443 e. The number of hydrazone groups is 1. The molecule has 1 heterocycles. The van der Waals surface area contributed by atoms with Crippen molar-refractivity contribution < 1.29 is 19.1 Å². The second-order valence-corrected chi connectivity index (χ2v) is 7.07. The number of hydrogen-bond acceptors (Lipinski definition) is 5. The first-order valence-corrected chi connectivity index (χ1v) is 9.63. The molecule has 1 aliphatic heterocycles. The van der Waals surface area contributed by atoms with E-state index in [-0.39, 0.29) is 36.4 Å². The van der Waals surface area contributed by atoms with Gasteiger partial charge in [0.1, 0.15) is 5.71 Å². The second-order valence-electron chi connectivity index (χ2n) is 7.07. The zero-order valence-electron chi connectivity index (χ0n) is 15.8. The van der Waals surface area contributed by atoms with Crippen molar-refractivity contribution in [2.75, 3.05) is 5.01 Å². The molecule has 2 aromatic rings. The van der Waals surface area contributed by atoms with Crippen LogP contribution in [0, 0.1) is 0 Å². The topological polar surface area (TPSA) is 88.1 Å². The zero-order chi connectivity index (χ0) is 20.2. The lowest BCUT2D eigenvalue weighted by Gasteiger charge is -2.24. The van der Waals surface area contributed by atoms with Crippen molar-refractivity contribution in [3.63, 3.8) is 0 Å². The Balaban J connectivity index is 1.55. The fourth-order valence-corrected chi connectivity index (χ4v) is 3.05. The van der Waals surface area contributed by atoms with Gasteiger partial charge in [-0.25, -0.2) is 9.80 Å². The summed E-state index contributed by atoms with van der Waals surface area (Å²) >= 11 is 0. The molecule has 2 amide bonds. The average molecular weight is 391 g/mol. The summed E-state index contributed by atoms with van der Waals surface area (Å²) in [4.78, 5) is 37.7. The monoisotopic (exact) mass is 391 g/mol. The maximum atomic E-state index is 12.8. The fourth-order valence-electron chi connectivity index (χ4n) is 3.05. The first kappa shape index (κ1) is 18.9. The van der Waals surface area contributed by atoms with Crippen LogP contribution in [0.25, 0.3) is 0 Å². The number of para-hydroxylation sites is 1. The number of nitrogens with one attached hydrogen (secondary N) is 1. The van der Waals surface area contributed by atoms with E-state index in [0.29, 0.717) is 11.3 Å². The largest absolute Gasteiger partial charge is 0.443 e. The van der Waals surface area contributed by atoms with Crippen LogP contribution in [0.1, 0.15) is 37.4 Å². The maximum Gasteiger partial charge on any atom is 0.355 e. The first-order valence-electron chi connectivity index (χ1n) is 9.63. The minimum absolute atomic E-state index is 0.119. The van der Waals surface area contributed by atoms with Crippen LogP contribution in [0.2, 0.25) is 0 Å². The Morgan fingerprint density at radius 1 is 1.00 bits per heavy atom. The van der Waals surface area contributed by atoms with E-state index in [9.17, 15) is 14.4 Å². The van der Waals surface area contributed by atoms with Gasteiger partial charge in [-0.15, -0.1) is 0 Å². The molecule has 2 aliphatic rings. The normalized spacial score (nSPS) is 17.3. The van der Waals surface area contributed by atoms with Crippen LogP contribution >= 0.6 is 0 Å². The third kappa shape index (κ3) is 4.51. The Kier molecular flexibility index (Phi) is 5.37. The third-order valence-corrected chi connectivity index (χ3v) is 4.76. The lowest BCUT2D eigenvalue weighted by molar-refractivity contribution is -0.150. The number of esters is 1. The van der Waals surface area contributed by atoms with E-state index in [2.05, 4.69) is 10.4 Å². The van der Waals surface area contributed by atoms with E-state index in [4.69, 9.17) is 4.74 Å². The number of carbonyl (C=O) groups is 3. The minimum atomic E-state index is -1.06. The standard InChI is InChI=1S/C22H21N3O4/c26-19-14-13-18(24-25(19)17-9-5-2-6-10-17)22(28)29-20(15-7-3-1-4-8-15)21(27)23-16-11-12-16/h1-10,16,20H,11-14H2,(H,23,27). The van der Waals surface area contributed by atoms with E-state index in [1.807, 2.05) is 12.1 Å². The molecule has 0 radical (unpaired) electrons. The van der Waals surface area contributed by atoms with Crippen LogP contribution in [-0.2, 0) is 19.1 Å². The number of ether oxygens (including phenoxy) is 1. The highest BCUT2D eigenvalue weighted by Crippen LogP contribution is 2.25. The summed E-state index contributed by atoms with van der Waals surface area (Å²) < 4.78 is 5.57. The molecule has 2 aromatic carbocycles. The number of nitrogens with zero attached hydrogens (tertiary/aromatic N) is 2. The van der Waals surface area contributed by atoms with Gasteiger partial charge in [0.2, 0.25) is 12.0 Å². The van der Waals surface area contributed by atoms with Crippen LogP contribution in [0.5, 0.6) is 0 Å². The van der Waals surface area contributed by atoms with E-state index >= 15 is 0 Å². The third-order valence-electron chi connectivity index (χ3n) is 4.76. The molecule has 1 unspecified atom stereocenters. The Morgan fingerprint density at radius 3 is 2.31 bits per heavy atom. The molecule has 7 nitrogen and oxygen atoms in total. The highest BCUT2D eigenvalue weighted by Gasteiger charge is 2.33. The summed E-state index contributed by atoms with van der Waals surface area (Å²) in [5, 5.41) is 8.30. The molecule has 148 valence electrons. The Hall–Kier alpha value is -3.48. The molecule has 0 bridgehead atoms. The van der Waals surface area contributed by atoms with Crippen LogP contribution in [0.4, 0.5) is 5.69 Å². The number of rotatable bonds is 6. The SMILES string of the molecule is O=C(OC(C(=O)NC1CC1)c1ccccc1)C1=NN(c2ccccc2)C(=O)CC1. The van der Waals surface area contributed by atoms with Crippen molar-refractivity contribution >= 4 is 29.2 Å². The van der Waals surface area contributed by atoms with Gasteiger partial charge in [0.15, 0.2) is 0 Å². The van der Waals surface area contributed by atoms with Crippen LogP contribution in [0.3, 0.4) is 0 Å². The summed E-state index contributed by atoms with van der Waals surface area (Å²) in [7, 11) is 0. The Bertz CT molecular complexity index is 939. The van der Waals surface area contributed by atoms with E-state index in [0.717, 1.165) is 12.8 Å². The molecule has 0 aromatic heterocycles. The van der Waals surface area contributed by atoms with E-state index in [1.54, 1.807) is 48.5 Å². The molecule has 29 heavy (non-hydrogen) atoms. The van der Waals surface area contributed by atoms with Gasteiger partial charge in [-0.2, -0.15) is 5.10 Å². The quantitative estimate of drug-likeness (QED) is 0.767. The van der Waals surface area contributed by atoms with Gasteiger partial charge in [-0.1, -0.05) is 48.5 Å². The number of hydrogen-bond donors (Lipinski definition) is 1. The summed E-state index contributed by atoms with van der Waals surface area (Å²) in [5.41, 5.74) is 1.29. The van der Waals surface area contributed by atoms with Crippen molar-refractivity contribution in [1.82, 2.24) is 5.32 Å². The molecule has 1 saturated carbocycles. The molecule has 1 atom stereocenters. The fraction of sp³-hybridized carbons (Fsp3) is 0.273. The van der Waals surface area contributed by atoms with Gasteiger partial charge in [0.25, 0.3) is 5.91 Å². The van der Waals surface area contributed by atoms with E-state index < -0.39 is 12.1 Å². The smallest absolute Gasteiger partial charge is 0.355 e. The predicted octanol–water partition coefficient (Wildman–Crippen LogP) is 2.73. The van der Waals surface area contributed by atoms with Crippen molar-refractivity contribution in [3.05, 3.63) is 66.2 Å². The molecule has 0 saturated heterocycles. The summed E-state index contributed by atoms with van der Waals surface area (Å²) in [6.07, 6.45) is 1.12. The van der Waals surface area contributed by atoms with Gasteiger partial charge in [-0.3, -0.25) is 9.59 Å². The average Bonchev–Trinajstić information content (AvgIpc) is 3.57. The highest BCUT2D eigenvalue weighted by molar-refractivity contribution is 6.38. The van der Waals surface area contributed by atoms with Gasteiger partial charge >= 0.3 is 5.97 Å². The molecule has 1 N–H and O–H groups in total. The van der Waals surface area contributed by atoms with Crippen LogP contribution < -0.4 is 10.3 Å². The number of carbonyl (C=O) groups excluding carboxylic acids is 3. The molecule has 0 spiro atoms. The van der Waals surface area contributed by atoms with Gasteiger partial charge < -0.3 is 10.1 Å². The maximum absolute atomic E-state index is 12.8. The highest BCUT2D eigenvalue weighted by atomic mass is 16.5. The van der Waals surface area contributed by atoms with Gasteiger partial charge in [0.05, 0.1) is 5.69 Å². The van der Waals surface area contributed by atoms with Crippen molar-refractivity contribution in [2.24, 2.45) is 5.10 Å². The zero-order valence-corrected chi connectivity index (χ0v) is 15.8. The Labute approximate surface area is 168 Å². The van der Waals surface area contributed by atoms with Crippen molar-refractivity contribution in [2.45, 2.75) is 37.8 Å². The van der Waals surface area contributed by atoms with Crippen molar-refractivity contribution in [1.29, 1.82) is 0 Å². The number of benzene rings is 2. The van der Waals surface area contributed by atoms with E-state index in [1.165, 1.54) is 5.01 Å². The summed E-state index contributed by atoms with van der Waals surface area (Å²) in [5.74, 6) is -1.24. The molecular formula is C22H21N3O4. The molecule has 1 fully saturated rings. The molecule has 4 rings (SSSR count). The number of anilines is 1. The molecule has 1 aliphatic carbocycles. The number of amides is 2.